The quantitative estimate of drug-likeness (QED) is 0.164. The van der Waals surface area contributed by atoms with E-state index in [1.54, 1.807) is 76.2 Å². The van der Waals surface area contributed by atoms with Crippen molar-refractivity contribution in [3.63, 3.8) is 0 Å². The first kappa shape index (κ1) is 38.3. The fourth-order valence-corrected chi connectivity index (χ4v) is 6.86. The van der Waals surface area contributed by atoms with E-state index in [2.05, 4.69) is 5.32 Å². The molecule has 266 valence electrons. The van der Waals surface area contributed by atoms with E-state index in [1.807, 2.05) is 6.07 Å². The molecule has 2 amide bonds. The zero-order valence-electron chi connectivity index (χ0n) is 28.3. The highest BCUT2D eigenvalue weighted by Crippen LogP contribution is 2.38. The Hall–Kier alpha value is -4.55. The monoisotopic (exact) mass is 729 g/mol. The third-order valence-electron chi connectivity index (χ3n) is 7.69. The summed E-state index contributed by atoms with van der Waals surface area (Å²) in [7, 11) is -3.16. The summed E-state index contributed by atoms with van der Waals surface area (Å²) in [5, 5.41) is 2.29. The van der Waals surface area contributed by atoms with Crippen LogP contribution in [-0.2, 0) is 38.8 Å². The molecular weight excluding hydrogens is 691 g/mol. The molecule has 4 rings (SSSR count). The Labute approximate surface area is 295 Å². The molecule has 0 aliphatic carbocycles. The summed E-state index contributed by atoms with van der Waals surface area (Å²) < 4.78 is 76.4. The number of benzene rings is 4. The number of ether oxygens (including phenoxy) is 1. The van der Waals surface area contributed by atoms with E-state index >= 15 is 0 Å². The molecule has 1 atom stereocenters. The minimum absolute atomic E-state index is 0.0579. The van der Waals surface area contributed by atoms with Gasteiger partial charge in [0.1, 0.15) is 18.3 Å². The molecule has 8 nitrogen and oxygen atoms in total. The molecule has 0 bridgehead atoms. The van der Waals surface area contributed by atoms with Crippen molar-refractivity contribution in [2.45, 2.75) is 63.3 Å². The number of halogens is 4. The van der Waals surface area contributed by atoms with Gasteiger partial charge in [-0.1, -0.05) is 71.8 Å². The smallest absolute Gasteiger partial charge is 0.417 e. The van der Waals surface area contributed by atoms with E-state index in [-0.39, 0.29) is 17.9 Å². The van der Waals surface area contributed by atoms with Crippen LogP contribution in [0.1, 0.15) is 43.0 Å². The Bertz CT molecular complexity index is 1920. The van der Waals surface area contributed by atoms with E-state index in [9.17, 15) is 31.2 Å². The Morgan fingerprint density at radius 2 is 1.52 bits per heavy atom. The number of nitrogens with one attached hydrogen (secondary N) is 1. The fraction of sp³-hybridized carbons (Fsp3) is 0.297. The predicted molar refractivity (Wildman–Crippen MR) is 188 cm³/mol. The summed E-state index contributed by atoms with van der Waals surface area (Å²) in [6, 6.07) is 23.0. The molecule has 0 spiro atoms. The van der Waals surface area contributed by atoms with Gasteiger partial charge in [0.25, 0.3) is 10.0 Å². The van der Waals surface area contributed by atoms with E-state index in [4.69, 9.17) is 16.3 Å². The molecule has 0 aromatic heterocycles. The summed E-state index contributed by atoms with van der Waals surface area (Å²) in [5.41, 5.74) is -0.367. The lowest BCUT2D eigenvalue weighted by Crippen LogP contribution is -2.56. The van der Waals surface area contributed by atoms with Crippen LogP contribution in [-0.4, -0.2) is 50.4 Å². The van der Waals surface area contributed by atoms with Crippen molar-refractivity contribution in [2.24, 2.45) is 0 Å². The number of alkyl halides is 3. The van der Waals surface area contributed by atoms with Gasteiger partial charge in [0.2, 0.25) is 11.8 Å². The third-order valence-corrected chi connectivity index (χ3v) is 9.81. The largest absolute Gasteiger partial charge is 0.497 e. The maximum absolute atomic E-state index is 14.6. The molecule has 13 heteroatoms. The number of nitrogens with zero attached hydrogens (tertiary/aromatic N) is 2. The average molecular weight is 730 g/mol. The lowest BCUT2D eigenvalue weighted by atomic mass is 10.0. The maximum Gasteiger partial charge on any atom is 0.417 e. The molecule has 0 radical (unpaired) electrons. The number of aryl methyl sites for hydroxylation is 1. The van der Waals surface area contributed by atoms with E-state index in [0.29, 0.717) is 21.7 Å². The maximum atomic E-state index is 14.6. The Kier molecular flexibility index (Phi) is 11.9. The summed E-state index contributed by atoms with van der Waals surface area (Å²) in [4.78, 5) is 29.7. The first-order chi connectivity index (χ1) is 23.4. The van der Waals surface area contributed by atoms with E-state index in [1.165, 1.54) is 36.3 Å². The van der Waals surface area contributed by atoms with Crippen molar-refractivity contribution >= 4 is 39.1 Å². The molecule has 4 aromatic rings. The van der Waals surface area contributed by atoms with Crippen molar-refractivity contribution in [3.05, 3.63) is 124 Å². The Morgan fingerprint density at radius 3 is 2.12 bits per heavy atom. The zero-order valence-corrected chi connectivity index (χ0v) is 29.9. The number of methoxy groups -OCH3 is 1. The van der Waals surface area contributed by atoms with Gasteiger partial charge in [-0.3, -0.25) is 13.9 Å². The number of sulfonamides is 1. The van der Waals surface area contributed by atoms with Crippen LogP contribution in [0.25, 0.3) is 0 Å². The molecule has 50 heavy (non-hydrogen) atoms. The summed E-state index contributed by atoms with van der Waals surface area (Å²) >= 11 is 5.89. The molecule has 0 aliphatic heterocycles. The number of rotatable bonds is 12. The molecule has 0 fully saturated rings. The molecule has 1 N–H and O–H groups in total. The number of carbonyl (C=O) groups excluding carboxylic acids is 2. The zero-order chi connectivity index (χ0) is 36.9. The lowest BCUT2D eigenvalue weighted by Gasteiger charge is -2.35. The number of hydrogen-bond donors (Lipinski definition) is 1. The Morgan fingerprint density at radius 1 is 0.880 bits per heavy atom. The van der Waals surface area contributed by atoms with Crippen LogP contribution >= 0.6 is 11.6 Å². The molecule has 0 saturated heterocycles. The van der Waals surface area contributed by atoms with Gasteiger partial charge in [-0.25, -0.2) is 8.42 Å². The first-order valence-electron chi connectivity index (χ1n) is 15.6. The van der Waals surface area contributed by atoms with Gasteiger partial charge < -0.3 is 15.0 Å². The van der Waals surface area contributed by atoms with E-state index < -0.39 is 62.4 Å². The van der Waals surface area contributed by atoms with Crippen molar-refractivity contribution in [2.75, 3.05) is 18.0 Å². The topological polar surface area (TPSA) is 96.0 Å². The highest BCUT2D eigenvalue weighted by Gasteiger charge is 2.38. The Balaban J connectivity index is 1.89. The molecular formula is C37H39ClF3N3O5S. The fourth-order valence-electron chi connectivity index (χ4n) is 5.23. The molecule has 4 aromatic carbocycles. The van der Waals surface area contributed by atoms with Gasteiger partial charge in [0, 0.05) is 18.5 Å². The SMILES string of the molecule is COc1cccc(CN(C(=O)CN(c2ccc(Cl)c(C(F)(F)F)c2)S(=O)(=O)c2ccc(C)cc2)[C@H](Cc2ccccc2)C(=O)NC(C)(C)C)c1. The average Bonchev–Trinajstić information content (AvgIpc) is 3.05. The van der Waals surface area contributed by atoms with Gasteiger partial charge in [0.15, 0.2) is 0 Å². The van der Waals surface area contributed by atoms with Crippen LogP contribution in [0.2, 0.25) is 5.02 Å². The lowest BCUT2D eigenvalue weighted by molar-refractivity contribution is -0.140. The number of hydrogen-bond acceptors (Lipinski definition) is 5. The van der Waals surface area contributed by atoms with Crippen molar-refractivity contribution in [1.29, 1.82) is 0 Å². The second-order valence-corrected chi connectivity index (χ2v) is 15.1. The van der Waals surface area contributed by atoms with Gasteiger partial charge in [0.05, 0.1) is 28.3 Å². The van der Waals surface area contributed by atoms with Crippen molar-refractivity contribution < 1.29 is 35.9 Å². The number of amides is 2. The second kappa shape index (κ2) is 15.6. The van der Waals surface area contributed by atoms with Crippen molar-refractivity contribution in [1.82, 2.24) is 10.2 Å². The highest BCUT2D eigenvalue weighted by molar-refractivity contribution is 7.92. The predicted octanol–water partition coefficient (Wildman–Crippen LogP) is 7.43. The summed E-state index contributed by atoms with van der Waals surface area (Å²) in [6.07, 6.45) is -4.86. The van der Waals surface area contributed by atoms with Crippen LogP contribution in [0.4, 0.5) is 18.9 Å². The number of carbonyl (C=O) groups is 2. The van der Waals surface area contributed by atoms with Crippen LogP contribution in [0, 0.1) is 6.92 Å². The van der Waals surface area contributed by atoms with Crippen LogP contribution in [0.15, 0.2) is 102 Å². The molecule has 0 unspecified atom stereocenters. The van der Waals surface area contributed by atoms with Crippen LogP contribution in [0.3, 0.4) is 0 Å². The summed E-state index contributed by atoms with van der Waals surface area (Å²) in [5.74, 6) is -0.855. The molecule has 0 saturated carbocycles. The van der Waals surface area contributed by atoms with Gasteiger partial charge in [-0.05, 0) is 81.3 Å². The van der Waals surface area contributed by atoms with Crippen molar-refractivity contribution in [3.8, 4) is 5.75 Å². The van der Waals surface area contributed by atoms with Crippen LogP contribution < -0.4 is 14.4 Å². The minimum Gasteiger partial charge on any atom is -0.497 e. The normalized spacial score (nSPS) is 12.6. The van der Waals surface area contributed by atoms with E-state index in [0.717, 1.165) is 23.3 Å². The standard InChI is InChI=1S/C37H39ClF3N3O5S/c1-25-14-17-30(18-15-25)50(47,48)44(28-16-19-32(38)31(22-28)37(39,40)41)24-34(45)43(23-27-12-9-13-29(20-27)49-5)33(35(46)42-36(2,3)4)21-26-10-7-6-8-11-26/h6-20,22,33H,21,23-24H2,1-5H3,(H,42,46)/t33-/m1/s1. The summed E-state index contributed by atoms with van der Waals surface area (Å²) in [6.45, 7) is 6.01. The van der Waals surface area contributed by atoms with Crippen LogP contribution in [0.5, 0.6) is 5.75 Å². The van der Waals surface area contributed by atoms with Gasteiger partial charge >= 0.3 is 6.18 Å². The number of anilines is 1. The molecule has 0 aliphatic rings. The molecule has 0 heterocycles. The van der Waals surface area contributed by atoms with Gasteiger partial charge in [-0.2, -0.15) is 13.2 Å². The third kappa shape index (κ3) is 9.79. The first-order valence-corrected chi connectivity index (χ1v) is 17.5. The second-order valence-electron chi connectivity index (χ2n) is 12.8. The van der Waals surface area contributed by atoms with Gasteiger partial charge in [-0.15, -0.1) is 0 Å². The highest BCUT2D eigenvalue weighted by atomic mass is 35.5. The minimum atomic E-state index is -4.92.